The molecule has 66 valence electrons. The van der Waals surface area contributed by atoms with E-state index >= 15 is 0 Å². The summed E-state index contributed by atoms with van der Waals surface area (Å²) >= 11 is 0. The summed E-state index contributed by atoms with van der Waals surface area (Å²) in [5.74, 6) is 0.596. The summed E-state index contributed by atoms with van der Waals surface area (Å²) in [7, 11) is 2.13. The highest BCUT2D eigenvalue weighted by molar-refractivity contribution is 5.34. The summed E-state index contributed by atoms with van der Waals surface area (Å²) < 4.78 is 0. The number of hydrogen-bond donors (Lipinski definition) is 0. The number of hydrogen-bond acceptors (Lipinski definition) is 3. The van der Waals surface area contributed by atoms with Crippen LogP contribution in [0, 0.1) is 5.92 Å². The number of nitrogens with zero attached hydrogens (tertiary/aromatic N) is 2. The molecule has 1 aliphatic rings. The van der Waals surface area contributed by atoms with Gasteiger partial charge >= 0.3 is 0 Å². The maximum atomic E-state index is 9.75. The van der Waals surface area contributed by atoms with Crippen LogP contribution in [0.15, 0.2) is 17.3 Å². The van der Waals surface area contributed by atoms with Gasteiger partial charge in [0, 0.05) is 6.20 Å². The maximum absolute atomic E-state index is 9.75. The fourth-order valence-corrected chi connectivity index (χ4v) is 1.42. The van der Waals surface area contributed by atoms with Crippen molar-refractivity contribution in [2.24, 2.45) is 10.9 Å². The van der Waals surface area contributed by atoms with E-state index in [1.54, 1.807) is 6.20 Å². The van der Waals surface area contributed by atoms with Crippen LogP contribution in [0.25, 0.3) is 0 Å². The van der Waals surface area contributed by atoms with Gasteiger partial charge in [0.25, 0.3) is 0 Å². The van der Waals surface area contributed by atoms with E-state index in [1.165, 1.54) is 18.9 Å². The van der Waals surface area contributed by atoms with Crippen LogP contribution < -0.4 is 0 Å². The number of allylic oxidation sites excluding steroid dienone is 1. The lowest BCUT2D eigenvalue weighted by molar-refractivity contribution is 0.244. The summed E-state index contributed by atoms with van der Waals surface area (Å²) in [4.78, 5) is 15.4. The number of isocyanates is 1. The van der Waals surface area contributed by atoms with Gasteiger partial charge < -0.3 is 4.90 Å². The van der Waals surface area contributed by atoms with E-state index in [9.17, 15) is 4.79 Å². The molecule has 0 N–H and O–H groups in total. The lowest BCUT2D eigenvalue weighted by Gasteiger charge is -2.26. The Morgan fingerprint density at radius 3 is 2.75 bits per heavy atom. The number of aliphatic imine (C=N–C) groups is 1. The molecule has 0 aromatic carbocycles. The van der Waals surface area contributed by atoms with Crippen molar-refractivity contribution in [3.05, 3.63) is 12.3 Å². The monoisotopic (exact) mass is 166 g/mol. The minimum absolute atomic E-state index is 0.596. The highest BCUT2D eigenvalue weighted by atomic mass is 16.1. The largest absolute Gasteiger partial charge is 0.306 e. The molecule has 1 rings (SSSR count). The summed E-state index contributed by atoms with van der Waals surface area (Å²) in [5, 5.41) is 0. The predicted molar refractivity (Wildman–Crippen MR) is 47.5 cm³/mol. The first-order valence-electron chi connectivity index (χ1n) is 4.25. The Balaban J connectivity index is 2.30. The first-order chi connectivity index (χ1) is 5.83. The van der Waals surface area contributed by atoms with Crippen molar-refractivity contribution in [3.8, 4) is 0 Å². The molecule has 0 saturated carbocycles. The van der Waals surface area contributed by atoms with Gasteiger partial charge in [-0.2, -0.15) is 4.99 Å². The highest BCUT2D eigenvalue weighted by Crippen LogP contribution is 2.16. The standard InChI is InChI=1S/C9H14N2O/c1-11-6-3-9(4-7-11)2-5-10-8-12/h2,5,9H,3-4,6-7H2,1H3/b5-2-. The van der Waals surface area contributed by atoms with Gasteiger partial charge in [0.2, 0.25) is 6.08 Å². The van der Waals surface area contributed by atoms with E-state index in [2.05, 4.69) is 16.9 Å². The molecule has 0 spiro atoms. The number of carbonyl (C=O) groups excluding carboxylic acids is 1. The van der Waals surface area contributed by atoms with Crippen molar-refractivity contribution in [2.75, 3.05) is 20.1 Å². The van der Waals surface area contributed by atoms with Crippen LogP contribution in [0.5, 0.6) is 0 Å². The molecule has 1 saturated heterocycles. The van der Waals surface area contributed by atoms with Crippen LogP contribution in [-0.2, 0) is 4.79 Å². The molecular formula is C9H14N2O. The average Bonchev–Trinajstić information content (AvgIpc) is 2.09. The van der Waals surface area contributed by atoms with Crippen molar-refractivity contribution in [2.45, 2.75) is 12.8 Å². The molecule has 0 unspecified atom stereocenters. The average molecular weight is 166 g/mol. The Kier molecular flexibility index (Phi) is 3.71. The molecule has 0 radical (unpaired) electrons. The maximum Gasteiger partial charge on any atom is 0.239 e. The second kappa shape index (κ2) is 4.86. The number of piperidine rings is 1. The Morgan fingerprint density at radius 1 is 1.50 bits per heavy atom. The van der Waals surface area contributed by atoms with Gasteiger partial charge in [0.15, 0.2) is 0 Å². The number of rotatable bonds is 2. The molecule has 0 amide bonds. The number of likely N-dealkylation sites (tertiary alicyclic amines) is 1. The fraction of sp³-hybridized carbons (Fsp3) is 0.667. The minimum Gasteiger partial charge on any atom is -0.306 e. The fourth-order valence-electron chi connectivity index (χ4n) is 1.42. The van der Waals surface area contributed by atoms with Crippen molar-refractivity contribution in [1.29, 1.82) is 0 Å². The second-order valence-corrected chi connectivity index (χ2v) is 3.20. The Hall–Kier alpha value is -0.920. The summed E-state index contributed by atoms with van der Waals surface area (Å²) in [6, 6.07) is 0. The molecule has 0 bridgehead atoms. The predicted octanol–water partition coefficient (Wildman–Crippen LogP) is 1.18. The molecule has 0 aromatic rings. The van der Waals surface area contributed by atoms with Gasteiger partial charge in [-0.15, -0.1) is 0 Å². The van der Waals surface area contributed by atoms with Crippen molar-refractivity contribution in [3.63, 3.8) is 0 Å². The van der Waals surface area contributed by atoms with Crippen molar-refractivity contribution in [1.82, 2.24) is 4.90 Å². The van der Waals surface area contributed by atoms with Gasteiger partial charge in [-0.25, -0.2) is 4.79 Å². The van der Waals surface area contributed by atoms with E-state index in [0.717, 1.165) is 13.1 Å². The third-order valence-corrected chi connectivity index (χ3v) is 2.25. The van der Waals surface area contributed by atoms with Crippen LogP contribution in [0.4, 0.5) is 0 Å². The van der Waals surface area contributed by atoms with E-state index in [4.69, 9.17) is 0 Å². The zero-order valence-electron chi connectivity index (χ0n) is 7.36. The van der Waals surface area contributed by atoms with Gasteiger partial charge in [-0.05, 0) is 38.9 Å². The van der Waals surface area contributed by atoms with Gasteiger partial charge in [0.1, 0.15) is 0 Å². The van der Waals surface area contributed by atoms with Gasteiger partial charge in [0.05, 0.1) is 0 Å². The zero-order valence-corrected chi connectivity index (χ0v) is 7.36. The van der Waals surface area contributed by atoms with E-state index in [1.807, 2.05) is 6.08 Å². The summed E-state index contributed by atoms with van der Waals surface area (Å²) in [5.41, 5.74) is 0. The Bertz CT molecular complexity index is 199. The van der Waals surface area contributed by atoms with Gasteiger partial charge in [-0.3, -0.25) is 0 Å². The Morgan fingerprint density at radius 2 is 2.17 bits per heavy atom. The molecule has 12 heavy (non-hydrogen) atoms. The van der Waals surface area contributed by atoms with E-state index in [-0.39, 0.29) is 0 Å². The molecule has 0 atom stereocenters. The topological polar surface area (TPSA) is 32.7 Å². The van der Waals surface area contributed by atoms with Crippen LogP contribution in [0.1, 0.15) is 12.8 Å². The van der Waals surface area contributed by atoms with Crippen molar-refractivity contribution >= 4 is 6.08 Å². The normalized spacial score (nSPS) is 21.1. The van der Waals surface area contributed by atoms with Crippen LogP contribution in [0.2, 0.25) is 0 Å². The summed E-state index contributed by atoms with van der Waals surface area (Å²) in [6.45, 7) is 2.28. The molecule has 0 aliphatic carbocycles. The smallest absolute Gasteiger partial charge is 0.239 e. The van der Waals surface area contributed by atoms with Crippen molar-refractivity contribution < 1.29 is 4.79 Å². The first-order valence-corrected chi connectivity index (χ1v) is 4.25. The van der Waals surface area contributed by atoms with E-state index < -0.39 is 0 Å². The molecule has 3 nitrogen and oxygen atoms in total. The minimum atomic E-state index is 0.596. The zero-order chi connectivity index (χ0) is 8.81. The SMILES string of the molecule is CN1CCC(/C=C\N=C=O)CC1. The highest BCUT2D eigenvalue weighted by Gasteiger charge is 2.13. The lowest BCUT2D eigenvalue weighted by Crippen LogP contribution is -2.29. The Labute approximate surface area is 72.8 Å². The molecule has 1 aliphatic heterocycles. The second-order valence-electron chi connectivity index (χ2n) is 3.20. The van der Waals surface area contributed by atoms with E-state index in [0.29, 0.717) is 5.92 Å². The first kappa shape index (κ1) is 9.17. The van der Waals surface area contributed by atoms with Crippen LogP contribution in [-0.4, -0.2) is 31.1 Å². The lowest BCUT2D eigenvalue weighted by atomic mass is 9.97. The van der Waals surface area contributed by atoms with Crippen LogP contribution in [0.3, 0.4) is 0 Å². The molecular weight excluding hydrogens is 152 g/mol. The van der Waals surface area contributed by atoms with Crippen LogP contribution >= 0.6 is 0 Å². The van der Waals surface area contributed by atoms with Gasteiger partial charge in [-0.1, -0.05) is 6.08 Å². The molecule has 1 heterocycles. The molecule has 0 aromatic heterocycles. The third kappa shape index (κ3) is 2.99. The molecule has 3 heteroatoms. The summed E-state index contributed by atoms with van der Waals surface area (Å²) in [6.07, 6.45) is 7.39. The molecule has 1 fully saturated rings. The third-order valence-electron chi connectivity index (χ3n) is 2.25. The quantitative estimate of drug-likeness (QED) is 0.456.